The van der Waals surface area contributed by atoms with Gasteiger partial charge in [-0.05, 0) is 25.7 Å². The van der Waals surface area contributed by atoms with E-state index < -0.39 is 0 Å². The maximum Gasteiger partial charge on any atom is 0.0931 e. The summed E-state index contributed by atoms with van der Waals surface area (Å²) >= 11 is 0. The molecule has 1 spiro atoms. The molecule has 2 aliphatic rings. The van der Waals surface area contributed by atoms with Crippen molar-refractivity contribution < 1.29 is 4.74 Å². The number of hydrogen-bond donors (Lipinski definition) is 1. The van der Waals surface area contributed by atoms with E-state index in [9.17, 15) is 0 Å². The van der Waals surface area contributed by atoms with E-state index in [0.717, 1.165) is 13.0 Å². The van der Waals surface area contributed by atoms with Gasteiger partial charge >= 0.3 is 0 Å². The van der Waals surface area contributed by atoms with E-state index >= 15 is 0 Å². The minimum absolute atomic E-state index is 0.275. The average molecular weight is 127 g/mol. The minimum atomic E-state index is 0.275. The van der Waals surface area contributed by atoms with Crippen molar-refractivity contribution >= 4 is 0 Å². The monoisotopic (exact) mass is 127 g/mol. The summed E-state index contributed by atoms with van der Waals surface area (Å²) in [4.78, 5) is 0. The molecule has 1 aliphatic carbocycles. The second-order valence-electron chi connectivity index (χ2n) is 3.33. The highest BCUT2D eigenvalue weighted by Gasteiger charge is 2.46. The van der Waals surface area contributed by atoms with Gasteiger partial charge in [0.05, 0.1) is 12.2 Å². The molecule has 0 aromatic carbocycles. The van der Waals surface area contributed by atoms with E-state index in [0.29, 0.717) is 6.04 Å². The molecule has 1 saturated carbocycles. The molecule has 2 N–H and O–H groups in total. The Hall–Kier alpha value is -0.0800. The van der Waals surface area contributed by atoms with Crippen LogP contribution < -0.4 is 5.73 Å². The maximum atomic E-state index is 5.77. The van der Waals surface area contributed by atoms with E-state index in [-0.39, 0.29) is 5.60 Å². The molecule has 2 atom stereocenters. The highest BCUT2D eigenvalue weighted by atomic mass is 16.6. The van der Waals surface area contributed by atoms with E-state index in [2.05, 4.69) is 0 Å². The largest absolute Gasteiger partial charge is 0.370 e. The third-order valence-corrected chi connectivity index (χ3v) is 2.39. The van der Waals surface area contributed by atoms with Crippen molar-refractivity contribution in [1.29, 1.82) is 0 Å². The van der Waals surface area contributed by atoms with E-state index in [1.165, 1.54) is 19.3 Å². The second kappa shape index (κ2) is 1.70. The van der Waals surface area contributed by atoms with Gasteiger partial charge in [-0.25, -0.2) is 0 Å². The van der Waals surface area contributed by atoms with Crippen LogP contribution in [0.1, 0.15) is 25.7 Å². The second-order valence-corrected chi connectivity index (χ2v) is 3.33. The Balaban J connectivity index is 1.96. The van der Waals surface area contributed by atoms with Crippen molar-refractivity contribution in [2.75, 3.05) is 6.61 Å². The van der Waals surface area contributed by atoms with Crippen molar-refractivity contribution in [3.05, 3.63) is 0 Å². The van der Waals surface area contributed by atoms with Gasteiger partial charge < -0.3 is 10.5 Å². The molecule has 2 fully saturated rings. The van der Waals surface area contributed by atoms with Gasteiger partial charge in [-0.2, -0.15) is 0 Å². The van der Waals surface area contributed by atoms with Crippen molar-refractivity contribution in [3.63, 3.8) is 0 Å². The van der Waals surface area contributed by atoms with Crippen LogP contribution in [0.3, 0.4) is 0 Å². The van der Waals surface area contributed by atoms with Crippen molar-refractivity contribution in [1.82, 2.24) is 0 Å². The molecule has 52 valence electrons. The lowest BCUT2D eigenvalue weighted by atomic mass is 9.87. The number of rotatable bonds is 0. The molecule has 1 aliphatic heterocycles. The van der Waals surface area contributed by atoms with Gasteiger partial charge in [0.25, 0.3) is 0 Å². The van der Waals surface area contributed by atoms with Crippen LogP contribution in [-0.2, 0) is 4.74 Å². The van der Waals surface area contributed by atoms with Gasteiger partial charge in [0, 0.05) is 6.04 Å². The molecule has 2 nitrogen and oxygen atoms in total. The Morgan fingerprint density at radius 3 is 2.78 bits per heavy atom. The molecule has 1 saturated heterocycles. The minimum Gasteiger partial charge on any atom is -0.370 e. The Labute approximate surface area is 55.4 Å². The first-order chi connectivity index (χ1) is 4.31. The molecule has 0 amide bonds. The van der Waals surface area contributed by atoms with E-state index in [1.54, 1.807) is 0 Å². The molecular weight excluding hydrogens is 114 g/mol. The first-order valence-corrected chi connectivity index (χ1v) is 3.70. The molecule has 0 aromatic heterocycles. The molecule has 2 unspecified atom stereocenters. The van der Waals surface area contributed by atoms with Crippen molar-refractivity contribution in [3.8, 4) is 0 Å². The van der Waals surface area contributed by atoms with Crippen LogP contribution in [-0.4, -0.2) is 18.2 Å². The fourth-order valence-electron chi connectivity index (χ4n) is 1.73. The van der Waals surface area contributed by atoms with Crippen LogP contribution in [0.15, 0.2) is 0 Å². The molecule has 0 radical (unpaired) electrons. The molecular formula is C7H13NO. The Bertz CT molecular complexity index is 120. The zero-order chi connectivity index (χ0) is 6.32. The quantitative estimate of drug-likeness (QED) is 0.485. The smallest absolute Gasteiger partial charge is 0.0931 e. The zero-order valence-corrected chi connectivity index (χ0v) is 5.60. The summed E-state index contributed by atoms with van der Waals surface area (Å²) in [5.41, 5.74) is 6.05. The summed E-state index contributed by atoms with van der Waals surface area (Å²) in [5.74, 6) is 0. The van der Waals surface area contributed by atoms with Crippen LogP contribution in [0.4, 0.5) is 0 Å². The summed E-state index contributed by atoms with van der Waals surface area (Å²) in [7, 11) is 0. The van der Waals surface area contributed by atoms with Gasteiger partial charge in [-0.3, -0.25) is 0 Å². The van der Waals surface area contributed by atoms with Crippen LogP contribution in [0.5, 0.6) is 0 Å². The molecule has 9 heavy (non-hydrogen) atoms. The Kier molecular flexibility index (Phi) is 1.08. The van der Waals surface area contributed by atoms with Gasteiger partial charge in [-0.1, -0.05) is 0 Å². The van der Waals surface area contributed by atoms with E-state index in [1.807, 2.05) is 0 Å². The number of epoxide rings is 1. The Morgan fingerprint density at radius 2 is 2.33 bits per heavy atom. The maximum absolute atomic E-state index is 5.77. The lowest BCUT2D eigenvalue weighted by molar-refractivity contribution is 0.221. The third-order valence-electron chi connectivity index (χ3n) is 2.39. The molecule has 2 heteroatoms. The first-order valence-electron chi connectivity index (χ1n) is 3.70. The summed E-state index contributed by atoms with van der Waals surface area (Å²) in [5, 5.41) is 0. The number of ether oxygens (including phenoxy) is 1. The number of hydrogen-bond acceptors (Lipinski definition) is 2. The number of nitrogens with two attached hydrogens (primary N) is 1. The SMILES string of the molecule is NC1CCCC2(CO2)C1. The predicted molar refractivity (Wildman–Crippen MR) is 35.1 cm³/mol. The summed E-state index contributed by atoms with van der Waals surface area (Å²) in [6.07, 6.45) is 4.82. The molecule has 1 heterocycles. The summed E-state index contributed by atoms with van der Waals surface area (Å²) in [6, 6.07) is 0.418. The van der Waals surface area contributed by atoms with Crippen LogP contribution in [0.25, 0.3) is 0 Å². The van der Waals surface area contributed by atoms with Crippen LogP contribution in [0, 0.1) is 0 Å². The fourth-order valence-corrected chi connectivity index (χ4v) is 1.73. The molecule has 0 bridgehead atoms. The van der Waals surface area contributed by atoms with Crippen LogP contribution >= 0.6 is 0 Å². The highest BCUT2D eigenvalue weighted by molar-refractivity contribution is 4.97. The highest BCUT2D eigenvalue weighted by Crippen LogP contribution is 2.40. The van der Waals surface area contributed by atoms with Gasteiger partial charge in [0.15, 0.2) is 0 Å². The topological polar surface area (TPSA) is 38.5 Å². The fraction of sp³-hybridized carbons (Fsp3) is 1.00. The first kappa shape index (κ1) is 5.69. The van der Waals surface area contributed by atoms with Gasteiger partial charge in [-0.15, -0.1) is 0 Å². The average Bonchev–Trinajstić information content (AvgIpc) is 2.49. The molecule has 0 aromatic rings. The Morgan fingerprint density at radius 1 is 1.56 bits per heavy atom. The van der Waals surface area contributed by atoms with Crippen LogP contribution in [0.2, 0.25) is 0 Å². The normalized spacial score (nSPS) is 49.7. The van der Waals surface area contributed by atoms with Gasteiger partial charge in [0.2, 0.25) is 0 Å². The summed E-state index contributed by atoms with van der Waals surface area (Å²) in [6.45, 7) is 0.973. The lowest BCUT2D eigenvalue weighted by Gasteiger charge is -2.23. The predicted octanol–water partition coefficient (Wildman–Crippen LogP) is 0.657. The standard InChI is InChI=1S/C7H13NO/c8-6-2-1-3-7(4-6)5-9-7/h6H,1-5,8H2. The third kappa shape index (κ3) is 0.970. The van der Waals surface area contributed by atoms with Gasteiger partial charge in [0.1, 0.15) is 0 Å². The molecule has 2 rings (SSSR count). The zero-order valence-electron chi connectivity index (χ0n) is 5.60. The van der Waals surface area contributed by atoms with Crippen molar-refractivity contribution in [2.45, 2.75) is 37.3 Å². The summed E-state index contributed by atoms with van der Waals surface area (Å²) < 4.78 is 5.33. The van der Waals surface area contributed by atoms with Crippen molar-refractivity contribution in [2.24, 2.45) is 5.73 Å². The van der Waals surface area contributed by atoms with E-state index in [4.69, 9.17) is 10.5 Å². The lowest BCUT2D eigenvalue weighted by Crippen LogP contribution is -2.32.